The zero-order valence-electron chi connectivity index (χ0n) is 18.8. The Kier molecular flexibility index (Phi) is 6.01. The molecule has 5 nitrogen and oxygen atoms in total. The Labute approximate surface area is 203 Å². The molecule has 0 aliphatic rings. The van der Waals surface area contributed by atoms with E-state index in [0.29, 0.717) is 27.8 Å². The minimum Gasteiger partial charge on any atom is -0.488 e. The van der Waals surface area contributed by atoms with Gasteiger partial charge in [0, 0.05) is 40.5 Å². The highest BCUT2D eigenvalue weighted by molar-refractivity contribution is 5.96. The van der Waals surface area contributed by atoms with E-state index in [0.717, 1.165) is 22.4 Å². The number of benzene rings is 3. The number of aliphatic carboxylic acids is 1. The molecule has 0 atom stereocenters. The SMILES string of the molecule is O=C(O)Cc1cccc2c(OCc3cncc(-c4ccnc5c(C(F)(F)F)cccc45)c3)cccc12. The number of fused-ring (bicyclic) bond motifs is 2. The molecule has 5 aromatic rings. The van der Waals surface area contributed by atoms with Crippen molar-refractivity contribution in [3.63, 3.8) is 0 Å². The normalized spacial score (nSPS) is 11.6. The fraction of sp³-hybridized carbons (Fsp3) is 0.107. The first-order valence-corrected chi connectivity index (χ1v) is 11.1. The van der Waals surface area contributed by atoms with Crippen molar-refractivity contribution in [1.82, 2.24) is 9.97 Å². The van der Waals surface area contributed by atoms with Gasteiger partial charge in [-0.1, -0.05) is 42.5 Å². The highest BCUT2D eigenvalue weighted by atomic mass is 19.4. The maximum Gasteiger partial charge on any atom is 0.418 e. The smallest absolute Gasteiger partial charge is 0.418 e. The predicted octanol–water partition coefficient (Wildman–Crippen LogP) is 6.67. The number of alkyl halides is 3. The lowest BCUT2D eigenvalue weighted by Crippen LogP contribution is -2.06. The number of rotatable bonds is 6. The predicted molar refractivity (Wildman–Crippen MR) is 130 cm³/mol. The van der Waals surface area contributed by atoms with Crippen LogP contribution in [-0.2, 0) is 24.0 Å². The summed E-state index contributed by atoms with van der Waals surface area (Å²) in [7, 11) is 0. The average Bonchev–Trinajstić information content (AvgIpc) is 2.86. The molecule has 3 aromatic carbocycles. The van der Waals surface area contributed by atoms with Crippen molar-refractivity contribution in [2.75, 3.05) is 0 Å². The van der Waals surface area contributed by atoms with Crippen LogP contribution in [0.1, 0.15) is 16.7 Å². The first-order chi connectivity index (χ1) is 17.3. The van der Waals surface area contributed by atoms with Crippen LogP contribution in [0.3, 0.4) is 0 Å². The summed E-state index contributed by atoms with van der Waals surface area (Å²) in [6.45, 7) is 0.167. The van der Waals surface area contributed by atoms with Gasteiger partial charge in [0.1, 0.15) is 12.4 Å². The maximum absolute atomic E-state index is 13.5. The molecule has 0 saturated carbocycles. The Hall–Kier alpha value is -4.46. The van der Waals surface area contributed by atoms with Gasteiger partial charge in [0.05, 0.1) is 17.5 Å². The van der Waals surface area contributed by atoms with Gasteiger partial charge in [0.25, 0.3) is 0 Å². The standard InChI is InChI=1S/C28H19F3N2O3/c29-28(30,31)24-8-2-7-23-21(10-11-33-27(23)24)19-12-17(14-32-15-19)16-36-25-9-3-5-20-18(13-26(34)35)4-1-6-22(20)25/h1-12,14-15H,13,16H2,(H,34,35). The summed E-state index contributed by atoms with van der Waals surface area (Å²) in [5.74, 6) is -0.322. The highest BCUT2D eigenvalue weighted by Crippen LogP contribution is 2.37. The Bertz CT molecular complexity index is 1600. The second-order valence-corrected chi connectivity index (χ2v) is 8.27. The van der Waals surface area contributed by atoms with Crippen molar-refractivity contribution in [3.05, 3.63) is 102 Å². The van der Waals surface area contributed by atoms with Gasteiger partial charge < -0.3 is 9.84 Å². The molecule has 36 heavy (non-hydrogen) atoms. The Morgan fingerprint density at radius 1 is 0.917 bits per heavy atom. The number of halogens is 3. The third kappa shape index (κ3) is 4.57. The van der Waals surface area contributed by atoms with Gasteiger partial charge in [0.2, 0.25) is 0 Å². The third-order valence-corrected chi connectivity index (χ3v) is 5.89. The number of para-hydroxylation sites is 1. The van der Waals surface area contributed by atoms with Crippen molar-refractivity contribution >= 4 is 27.6 Å². The summed E-state index contributed by atoms with van der Waals surface area (Å²) in [6, 6.07) is 18.4. The Morgan fingerprint density at radius 2 is 1.67 bits per heavy atom. The topological polar surface area (TPSA) is 72.3 Å². The lowest BCUT2D eigenvalue weighted by molar-refractivity contribution is -0.137. The Balaban J connectivity index is 1.46. The maximum atomic E-state index is 13.5. The van der Waals surface area contributed by atoms with E-state index < -0.39 is 17.7 Å². The molecule has 0 radical (unpaired) electrons. The quantitative estimate of drug-likeness (QED) is 0.289. The number of carboxylic acid groups (broad SMARTS) is 1. The van der Waals surface area contributed by atoms with Crippen LogP contribution >= 0.6 is 0 Å². The molecule has 1 N–H and O–H groups in total. The zero-order valence-corrected chi connectivity index (χ0v) is 18.8. The largest absolute Gasteiger partial charge is 0.488 e. The molecule has 2 aromatic heterocycles. The summed E-state index contributed by atoms with van der Waals surface area (Å²) in [5, 5.41) is 11.2. The van der Waals surface area contributed by atoms with Crippen LogP contribution in [0.4, 0.5) is 13.2 Å². The van der Waals surface area contributed by atoms with Gasteiger partial charge in [-0.3, -0.25) is 14.8 Å². The molecule has 0 amide bonds. The molecule has 0 aliphatic heterocycles. The first kappa shape index (κ1) is 23.3. The van der Waals surface area contributed by atoms with Crippen molar-refractivity contribution in [2.45, 2.75) is 19.2 Å². The summed E-state index contributed by atoms with van der Waals surface area (Å²) in [6.07, 6.45) is -0.0188. The molecule has 8 heteroatoms. The summed E-state index contributed by atoms with van der Waals surface area (Å²) >= 11 is 0. The fourth-order valence-electron chi connectivity index (χ4n) is 4.32. The molecule has 0 aliphatic carbocycles. The zero-order chi connectivity index (χ0) is 25.3. The minimum absolute atomic E-state index is 0.0945. The van der Waals surface area contributed by atoms with E-state index in [4.69, 9.17) is 4.74 Å². The summed E-state index contributed by atoms with van der Waals surface area (Å²) < 4.78 is 46.5. The van der Waals surface area contributed by atoms with Gasteiger partial charge in [-0.2, -0.15) is 13.2 Å². The molecular weight excluding hydrogens is 469 g/mol. The molecule has 0 unspecified atom stereocenters. The summed E-state index contributed by atoms with van der Waals surface area (Å²) in [4.78, 5) is 19.5. The second kappa shape index (κ2) is 9.30. The number of ether oxygens (including phenoxy) is 1. The van der Waals surface area contributed by atoms with E-state index in [2.05, 4.69) is 9.97 Å². The molecule has 2 heterocycles. The summed E-state index contributed by atoms with van der Waals surface area (Å²) in [5.41, 5.74) is 1.75. The Morgan fingerprint density at radius 3 is 2.47 bits per heavy atom. The number of aromatic nitrogens is 2. The number of hydrogen-bond acceptors (Lipinski definition) is 4. The molecule has 180 valence electrons. The van der Waals surface area contributed by atoms with Crippen molar-refractivity contribution in [1.29, 1.82) is 0 Å². The van der Waals surface area contributed by atoms with Gasteiger partial charge >= 0.3 is 12.1 Å². The van der Waals surface area contributed by atoms with Crippen LogP contribution in [0.15, 0.2) is 85.3 Å². The van der Waals surface area contributed by atoms with Crippen LogP contribution in [0, 0.1) is 0 Å². The highest BCUT2D eigenvalue weighted by Gasteiger charge is 2.33. The van der Waals surface area contributed by atoms with Crippen LogP contribution in [0.25, 0.3) is 32.8 Å². The number of carboxylic acids is 1. The van der Waals surface area contributed by atoms with Crippen LogP contribution in [-0.4, -0.2) is 21.0 Å². The molecule has 0 fully saturated rings. The molecule has 0 saturated heterocycles. The van der Waals surface area contributed by atoms with E-state index in [9.17, 15) is 23.1 Å². The molecule has 0 bridgehead atoms. The number of carbonyl (C=O) groups is 1. The van der Waals surface area contributed by atoms with E-state index in [1.165, 1.54) is 12.3 Å². The van der Waals surface area contributed by atoms with Crippen molar-refractivity contribution in [3.8, 4) is 16.9 Å². The van der Waals surface area contributed by atoms with Gasteiger partial charge in [-0.15, -0.1) is 0 Å². The lowest BCUT2D eigenvalue weighted by Gasteiger charge is -2.13. The molecule has 5 rings (SSSR count). The van der Waals surface area contributed by atoms with Gasteiger partial charge in [0.15, 0.2) is 0 Å². The first-order valence-electron chi connectivity index (χ1n) is 11.1. The molecular formula is C28H19F3N2O3. The average molecular weight is 488 g/mol. The monoisotopic (exact) mass is 488 g/mol. The number of nitrogens with zero attached hydrogens (tertiary/aromatic N) is 2. The molecule has 0 spiro atoms. The number of pyridine rings is 2. The number of hydrogen-bond donors (Lipinski definition) is 1. The second-order valence-electron chi connectivity index (χ2n) is 8.27. The van der Waals surface area contributed by atoms with Crippen LogP contribution < -0.4 is 4.74 Å². The van der Waals surface area contributed by atoms with Gasteiger partial charge in [-0.25, -0.2) is 0 Å². The van der Waals surface area contributed by atoms with Crippen molar-refractivity contribution in [2.24, 2.45) is 0 Å². The van der Waals surface area contributed by atoms with Gasteiger partial charge in [-0.05, 0) is 40.8 Å². The van der Waals surface area contributed by atoms with Crippen LogP contribution in [0.2, 0.25) is 0 Å². The van der Waals surface area contributed by atoms with E-state index in [1.54, 1.807) is 48.8 Å². The van der Waals surface area contributed by atoms with E-state index in [1.807, 2.05) is 18.2 Å². The fourth-order valence-corrected chi connectivity index (χ4v) is 4.32. The van der Waals surface area contributed by atoms with Crippen LogP contribution in [0.5, 0.6) is 5.75 Å². The lowest BCUT2D eigenvalue weighted by atomic mass is 9.99. The van der Waals surface area contributed by atoms with E-state index in [-0.39, 0.29) is 18.5 Å². The van der Waals surface area contributed by atoms with Crippen molar-refractivity contribution < 1.29 is 27.8 Å². The van der Waals surface area contributed by atoms with E-state index >= 15 is 0 Å². The third-order valence-electron chi connectivity index (χ3n) is 5.89. The minimum atomic E-state index is -4.51.